The smallest absolute Gasteiger partial charge is 0.309 e. The fourth-order valence-corrected chi connectivity index (χ4v) is 2.27. The SMILES string of the molecule is CN1C(=O)Cc2ccc(CCC(C)(C)C(=O)O)cc2C1=O. The van der Waals surface area contributed by atoms with Crippen molar-refractivity contribution < 1.29 is 19.5 Å². The van der Waals surface area contributed by atoms with Crippen LogP contribution in [0.2, 0.25) is 0 Å². The molecule has 1 aromatic carbocycles. The molecule has 1 N–H and O–H groups in total. The van der Waals surface area contributed by atoms with Gasteiger partial charge in [-0.05, 0) is 43.9 Å². The summed E-state index contributed by atoms with van der Waals surface area (Å²) in [5.41, 5.74) is 1.40. The summed E-state index contributed by atoms with van der Waals surface area (Å²) in [6, 6.07) is 5.43. The number of hydrogen-bond donors (Lipinski definition) is 1. The molecule has 21 heavy (non-hydrogen) atoms. The van der Waals surface area contributed by atoms with Crippen molar-refractivity contribution in [1.82, 2.24) is 4.90 Å². The van der Waals surface area contributed by atoms with Crippen LogP contribution in [0.5, 0.6) is 0 Å². The zero-order valence-corrected chi connectivity index (χ0v) is 12.5. The third-order valence-corrected chi connectivity index (χ3v) is 4.04. The lowest BCUT2D eigenvalue weighted by atomic mass is 9.85. The lowest BCUT2D eigenvalue weighted by Gasteiger charge is -2.24. The van der Waals surface area contributed by atoms with Crippen LogP contribution >= 0.6 is 0 Å². The number of imide groups is 1. The fraction of sp³-hybridized carbons (Fsp3) is 0.438. The number of hydrogen-bond acceptors (Lipinski definition) is 3. The average molecular weight is 289 g/mol. The number of carboxylic acid groups (broad SMARTS) is 1. The molecule has 0 saturated heterocycles. The molecule has 1 heterocycles. The van der Waals surface area contributed by atoms with E-state index in [-0.39, 0.29) is 18.2 Å². The van der Waals surface area contributed by atoms with Gasteiger partial charge in [0.15, 0.2) is 0 Å². The molecule has 1 aliphatic heterocycles. The molecule has 0 atom stereocenters. The Morgan fingerprint density at radius 2 is 2.00 bits per heavy atom. The highest BCUT2D eigenvalue weighted by atomic mass is 16.4. The van der Waals surface area contributed by atoms with Gasteiger partial charge in [0.05, 0.1) is 11.8 Å². The Morgan fingerprint density at radius 1 is 1.33 bits per heavy atom. The second kappa shape index (κ2) is 5.31. The molecule has 0 radical (unpaired) electrons. The van der Waals surface area contributed by atoms with E-state index < -0.39 is 11.4 Å². The maximum atomic E-state index is 12.1. The number of carbonyl (C=O) groups is 3. The zero-order valence-electron chi connectivity index (χ0n) is 12.5. The fourth-order valence-electron chi connectivity index (χ4n) is 2.27. The van der Waals surface area contributed by atoms with Crippen molar-refractivity contribution in [2.24, 2.45) is 5.41 Å². The molecule has 2 rings (SSSR count). The van der Waals surface area contributed by atoms with Gasteiger partial charge in [0.25, 0.3) is 5.91 Å². The van der Waals surface area contributed by atoms with Gasteiger partial charge in [0.2, 0.25) is 5.91 Å². The Hall–Kier alpha value is -2.17. The minimum Gasteiger partial charge on any atom is -0.481 e. The van der Waals surface area contributed by atoms with Crippen molar-refractivity contribution in [1.29, 1.82) is 0 Å². The van der Waals surface area contributed by atoms with Crippen molar-refractivity contribution in [3.8, 4) is 0 Å². The first-order chi connectivity index (χ1) is 9.72. The largest absolute Gasteiger partial charge is 0.481 e. The summed E-state index contributed by atoms with van der Waals surface area (Å²) in [6.07, 6.45) is 1.31. The van der Waals surface area contributed by atoms with Crippen molar-refractivity contribution in [3.63, 3.8) is 0 Å². The van der Waals surface area contributed by atoms with Gasteiger partial charge in [-0.15, -0.1) is 0 Å². The van der Waals surface area contributed by atoms with E-state index in [1.54, 1.807) is 26.0 Å². The van der Waals surface area contributed by atoms with E-state index in [9.17, 15) is 14.4 Å². The first-order valence-electron chi connectivity index (χ1n) is 6.88. The van der Waals surface area contributed by atoms with Gasteiger partial charge in [-0.1, -0.05) is 12.1 Å². The second-order valence-electron chi connectivity index (χ2n) is 6.12. The van der Waals surface area contributed by atoms with E-state index in [4.69, 9.17) is 5.11 Å². The second-order valence-corrected chi connectivity index (χ2v) is 6.12. The number of benzene rings is 1. The van der Waals surface area contributed by atoms with Crippen molar-refractivity contribution in [3.05, 3.63) is 34.9 Å². The number of rotatable bonds is 4. The first kappa shape index (κ1) is 15.2. The Balaban J connectivity index is 2.20. The molecule has 0 aliphatic carbocycles. The Morgan fingerprint density at radius 3 is 2.62 bits per heavy atom. The highest BCUT2D eigenvalue weighted by molar-refractivity contribution is 6.09. The molecule has 0 aromatic heterocycles. The predicted octanol–water partition coefficient (Wildman–Crippen LogP) is 1.88. The maximum absolute atomic E-state index is 12.1. The van der Waals surface area contributed by atoms with Crippen LogP contribution in [0.4, 0.5) is 0 Å². The quantitative estimate of drug-likeness (QED) is 0.859. The molecule has 0 fully saturated rings. The number of fused-ring (bicyclic) bond motifs is 1. The van der Waals surface area contributed by atoms with Gasteiger partial charge in [-0.3, -0.25) is 19.3 Å². The molecule has 2 amide bonds. The van der Waals surface area contributed by atoms with E-state index in [2.05, 4.69) is 0 Å². The van der Waals surface area contributed by atoms with Gasteiger partial charge in [-0.25, -0.2) is 0 Å². The first-order valence-corrected chi connectivity index (χ1v) is 6.88. The van der Waals surface area contributed by atoms with Gasteiger partial charge in [-0.2, -0.15) is 0 Å². The van der Waals surface area contributed by atoms with Gasteiger partial charge in [0.1, 0.15) is 0 Å². The normalized spacial score (nSPS) is 15.1. The van der Waals surface area contributed by atoms with E-state index in [0.29, 0.717) is 18.4 Å². The summed E-state index contributed by atoms with van der Waals surface area (Å²) in [4.78, 5) is 36.0. The maximum Gasteiger partial charge on any atom is 0.309 e. The average Bonchev–Trinajstić information content (AvgIpc) is 2.43. The molecule has 112 valence electrons. The summed E-state index contributed by atoms with van der Waals surface area (Å²) in [7, 11) is 1.48. The van der Waals surface area contributed by atoms with E-state index in [0.717, 1.165) is 16.0 Å². The summed E-state index contributed by atoms with van der Waals surface area (Å²) in [6.45, 7) is 3.37. The molecule has 0 bridgehead atoms. The molecule has 1 aliphatic rings. The molecular weight excluding hydrogens is 270 g/mol. The van der Waals surface area contributed by atoms with Crippen LogP contribution in [0.15, 0.2) is 18.2 Å². The molecule has 1 aromatic rings. The number of carbonyl (C=O) groups excluding carboxylic acids is 2. The highest BCUT2D eigenvalue weighted by Gasteiger charge is 2.29. The van der Waals surface area contributed by atoms with Crippen molar-refractivity contribution in [2.75, 3.05) is 7.05 Å². The molecule has 0 spiro atoms. The van der Waals surface area contributed by atoms with Gasteiger partial charge in [0, 0.05) is 12.6 Å². The number of carboxylic acids is 1. The number of likely N-dealkylation sites (N-methyl/N-ethyl adjacent to an activating group) is 1. The Labute approximate surface area is 123 Å². The lowest BCUT2D eigenvalue weighted by molar-refractivity contribution is -0.147. The minimum atomic E-state index is -0.832. The molecule has 5 heteroatoms. The van der Waals surface area contributed by atoms with Crippen molar-refractivity contribution in [2.45, 2.75) is 33.1 Å². The standard InChI is InChI=1S/C16H19NO4/c1-16(2,15(20)21)7-6-10-4-5-11-9-13(18)17(3)14(19)12(11)8-10/h4-5,8H,6-7,9H2,1-3H3,(H,20,21). The number of aryl methyl sites for hydroxylation is 1. The predicted molar refractivity (Wildman–Crippen MR) is 77.0 cm³/mol. The van der Waals surface area contributed by atoms with Crippen LogP contribution in [0.3, 0.4) is 0 Å². The minimum absolute atomic E-state index is 0.202. The van der Waals surface area contributed by atoms with Crippen LogP contribution in [0.25, 0.3) is 0 Å². The van der Waals surface area contributed by atoms with Crippen LogP contribution in [0, 0.1) is 5.41 Å². The van der Waals surface area contributed by atoms with Crippen LogP contribution in [0.1, 0.15) is 41.8 Å². The lowest BCUT2D eigenvalue weighted by Crippen LogP contribution is -2.39. The number of nitrogens with zero attached hydrogens (tertiary/aromatic N) is 1. The zero-order chi connectivity index (χ0) is 15.8. The Kier molecular flexibility index (Phi) is 3.85. The molecule has 5 nitrogen and oxygen atoms in total. The summed E-state index contributed by atoms with van der Waals surface area (Å²) >= 11 is 0. The third kappa shape index (κ3) is 2.96. The molecule has 0 unspecified atom stereocenters. The van der Waals surface area contributed by atoms with Crippen molar-refractivity contribution >= 4 is 17.8 Å². The van der Waals surface area contributed by atoms with E-state index >= 15 is 0 Å². The third-order valence-electron chi connectivity index (χ3n) is 4.04. The van der Waals surface area contributed by atoms with Gasteiger partial charge < -0.3 is 5.11 Å². The topological polar surface area (TPSA) is 74.7 Å². The van der Waals surface area contributed by atoms with E-state index in [1.807, 2.05) is 6.07 Å². The van der Waals surface area contributed by atoms with Gasteiger partial charge >= 0.3 is 5.97 Å². The Bertz CT molecular complexity index is 619. The monoisotopic (exact) mass is 289 g/mol. The van der Waals surface area contributed by atoms with Crippen LogP contribution in [-0.4, -0.2) is 34.8 Å². The van der Waals surface area contributed by atoms with Crippen LogP contribution < -0.4 is 0 Å². The number of amides is 2. The summed E-state index contributed by atoms with van der Waals surface area (Å²) < 4.78 is 0. The van der Waals surface area contributed by atoms with E-state index in [1.165, 1.54) is 7.05 Å². The molecular formula is C16H19NO4. The summed E-state index contributed by atoms with van der Waals surface area (Å²) in [5, 5.41) is 9.12. The van der Waals surface area contributed by atoms with Crippen LogP contribution in [-0.2, 0) is 22.4 Å². The summed E-state index contributed by atoms with van der Waals surface area (Å²) in [5.74, 6) is -1.32. The highest BCUT2D eigenvalue weighted by Crippen LogP contribution is 2.25. The number of aliphatic carboxylic acids is 1. The molecule has 0 saturated carbocycles.